The summed E-state index contributed by atoms with van der Waals surface area (Å²) in [6.45, 7) is 2.91. The zero-order chi connectivity index (χ0) is 20.4. The maximum atomic E-state index is 11.9. The van der Waals surface area contributed by atoms with Gasteiger partial charge in [-0.3, -0.25) is 0 Å². The second-order valence-electron chi connectivity index (χ2n) is 9.18. The van der Waals surface area contributed by atoms with Gasteiger partial charge in [-0.1, -0.05) is 96.8 Å². The third-order valence-corrected chi connectivity index (χ3v) is 5.97. The van der Waals surface area contributed by atoms with Gasteiger partial charge in [0.15, 0.2) is 0 Å². The Morgan fingerprint density at radius 2 is 1.11 bits per heavy atom. The lowest BCUT2D eigenvalue weighted by Crippen LogP contribution is -2.40. The van der Waals surface area contributed by atoms with E-state index in [1.54, 1.807) is 0 Å². The molecule has 0 rings (SSSR count). The molecule has 0 aliphatic carbocycles. The summed E-state index contributed by atoms with van der Waals surface area (Å²) in [7, 11) is 6.71. The van der Waals surface area contributed by atoms with Crippen LogP contribution in [0, 0.1) is 0 Å². The first-order chi connectivity index (χ1) is 12.8. The highest BCUT2D eigenvalue weighted by atomic mass is 31.1. The highest BCUT2D eigenvalue weighted by Crippen LogP contribution is 2.23. The minimum absolute atomic E-state index is 0.200. The van der Waals surface area contributed by atoms with Crippen molar-refractivity contribution in [3.63, 3.8) is 0 Å². The fourth-order valence-corrected chi connectivity index (χ4v) is 4.60. The van der Waals surface area contributed by atoms with Gasteiger partial charge in [0.1, 0.15) is 0 Å². The average molecular weight is 402 g/mol. The average Bonchev–Trinajstić information content (AvgIpc) is 2.56. The lowest BCUT2D eigenvalue weighted by molar-refractivity contribution is -0.871. The van der Waals surface area contributed by atoms with Crippen LogP contribution in [0.3, 0.4) is 0 Å². The first-order valence-corrected chi connectivity index (χ1v) is 12.5. The lowest BCUT2D eigenvalue weighted by atomic mass is 10.0. The fraction of sp³-hybridized carbons (Fsp3) is 0.957. The Hall–Kier alpha value is 0.0200. The maximum Gasteiger partial charge on any atom is 0.0774 e. The second kappa shape index (κ2) is 18.1. The standard InChI is InChI=1S/C23H48NO2P/c1-5-6-7-8-9-10-11-12-13-14-15-16-17-18-19-20-22(25)27-23(26)21-24(2,3)4/h23,26H,5-21H2,1-4H3. The van der Waals surface area contributed by atoms with E-state index in [1.807, 2.05) is 21.1 Å². The van der Waals surface area contributed by atoms with Crippen molar-refractivity contribution in [1.29, 1.82) is 0 Å². The number of rotatable bonds is 20. The number of aliphatic hydroxyl groups excluding tert-OH is 1. The molecule has 0 aliphatic rings. The molecule has 0 aliphatic heterocycles. The van der Waals surface area contributed by atoms with Gasteiger partial charge in [0.25, 0.3) is 0 Å². The Kier molecular flexibility index (Phi) is 18.1. The summed E-state index contributed by atoms with van der Waals surface area (Å²) >= 11 is 0. The minimum atomic E-state index is -0.520. The molecule has 0 radical (unpaired) electrons. The van der Waals surface area contributed by atoms with E-state index in [-0.39, 0.29) is 5.52 Å². The molecule has 1 N–H and O–H groups in total. The van der Waals surface area contributed by atoms with Crippen molar-refractivity contribution in [2.75, 3.05) is 27.7 Å². The van der Waals surface area contributed by atoms with Crippen molar-refractivity contribution in [3.05, 3.63) is 0 Å². The summed E-state index contributed by atoms with van der Waals surface area (Å²) in [6, 6.07) is 0. The van der Waals surface area contributed by atoms with Crippen molar-refractivity contribution >= 4 is 14.1 Å². The molecule has 3 nitrogen and oxygen atoms in total. The van der Waals surface area contributed by atoms with E-state index in [0.29, 0.717) is 26.0 Å². The predicted molar refractivity (Wildman–Crippen MR) is 120 cm³/mol. The number of unbranched alkanes of at least 4 members (excludes halogenated alkanes) is 14. The van der Waals surface area contributed by atoms with Gasteiger partial charge in [-0.2, -0.15) is 0 Å². The molecule has 0 saturated heterocycles. The largest absolute Gasteiger partial charge is 0.427 e. The zero-order valence-electron chi connectivity index (χ0n) is 18.8. The van der Waals surface area contributed by atoms with E-state index in [9.17, 15) is 9.90 Å². The Bertz CT molecular complexity index is 342. The molecule has 1 unspecified atom stereocenters. The number of carbonyl (C=O) groups is 1. The lowest BCUT2D eigenvalue weighted by Gasteiger charge is -2.32. The molecule has 27 heavy (non-hydrogen) atoms. The number of hydrogen-bond acceptors (Lipinski definition) is 2. The minimum Gasteiger partial charge on any atom is -0.427 e. The summed E-state index contributed by atoms with van der Waals surface area (Å²) < 4.78 is 0.695. The summed E-state index contributed by atoms with van der Waals surface area (Å²) in [5.41, 5.74) is 0.200. The van der Waals surface area contributed by atoms with Gasteiger partial charge in [-0.15, -0.1) is 0 Å². The van der Waals surface area contributed by atoms with E-state index in [1.165, 1.54) is 83.5 Å². The van der Waals surface area contributed by atoms with Gasteiger partial charge < -0.3 is 23.0 Å². The van der Waals surface area contributed by atoms with Crippen molar-refractivity contribution in [1.82, 2.24) is 0 Å². The van der Waals surface area contributed by atoms with Crippen LogP contribution in [0.15, 0.2) is 0 Å². The Labute approximate surface area is 172 Å². The molecular weight excluding hydrogens is 353 g/mol. The number of quaternary nitrogens is 1. The van der Waals surface area contributed by atoms with Gasteiger partial charge >= 0.3 is 0 Å². The van der Waals surface area contributed by atoms with Crippen LogP contribution in [0.4, 0.5) is 0 Å². The monoisotopic (exact) mass is 401 g/mol. The summed E-state index contributed by atoms with van der Waals surface area (Å²) in [6.07, 6.45) is 20.8. The van der Waals surface area contributed by atoms with E-state index >= 15 is 0 Å². The van der Waals surface area contributed by atoms with Crippen LogP contribution in [0.5, 0.6) is 0 Å². The molecule has 1 atom stereocenters. The quantitative estimate of drug-likeness (QED) is 0.139. The topological polar surface area (TPSA) is 37.3 Å². The Balaban J connectivity index is 3.27. The van der Waals surface area contributed by atoms with Gasteiger partial charge in [0.2, 0.25) is 0 Å². The van der Waals surface area contributed by atoms with Gasteiger partial charge in [0, 0.05) is 0 Å². The molecule has 0 saturated carbocycles. The highest BCUT2D eigenvalue weighted by molar-refractivity contribution is 7.58. The number of nitrogens with zero attached hydrogens (tertiary/aromatic N) is 1. The van der Waals surface area contributed by atoms with Crippen molar-refractivity contribution in [2.24, 2.45) is 0 Å². The summed E-state index contributed by atoms with van der Waals surface area (Å²) in [5.74, 6) is -0.520. The highest BCUT2D eigenvalue weighted by Gasteiger charge is 2.09. The van der Waals surface area contributed by atoms with Crippen LogP contribution >= 0.6 is 8.58 Å². The molecule has 0 aromatic carbocycles. The predicted octanol–water partition coefficient (Wildman–Crippen LogP) is 6.75. The van der Waals surface area contributed by atoms with Gasteiger partial charge in [0.05, 0.1) is 27.7 Å². The molecule has 4 heteroatoms. The first-order valence-electron chi connectivity index (χ1n) is 11.6. The number of hydrogen-bond donors (Lipinski definition) is 1. The van der Waals surface area contributed by atoms with E-state index in [0.717, 1.165) is 12.8 Å². The van der Waals surface area contributed by atoms with Gasteiger partial charge in [-0.05, 0) is 24.2 Å². The fourth-order valence-electron chi connectivity index (χ4n) is 3.41. The van der Waals surface area contributed by atoms with Crippen LogP contribution < -0.4 is 0 Å². The molecule has 0 amide bonds. The SMILES string of the molecule is CCCCCCCCCCCCCCCCCC(=O)[P-]C(O)C[N+](C)(C)C. The maximum absolute atomic E-state index is 11.9. The van der Waals surface area contributed by atoms with Crippen LogP contribution in [-0.4, -0.2) is 48.6 Å². The Morgan fingerprint density at radius 1 is 0.741 bits per heavy atom. The molecule has 0 aromatic heterocycles. The van der Waals surface area contributed by atoms with Crippen LogP contribution in [0.25, 0.3) is 0 Å². The van der Waals surface area contributed by atoms with Crippen molar-refractivity contribution in [2.45, 2.75) is 116 Å². The number of carbonyl (C=O) groups excluding carboxylic acids is 1. The van der Waals surface area contributed by atoms with E-state index in [4.69, 9.17) is 0 Å². The molecule has 0 bridgehead atoms. The van der Waals surface area contributed by atoms with E-state index in [2.05, 4.69) is 6.92 Å². The van der Waals surface area contributed by atoms with Gasteiger partial charge in [-0.25, -0.2) is 0 Å². The van der Waals surface area contributed by atoms with E-state index < -0.39 is 5.85 Å². The molecule has 0 heterocycles. The Morgan fingerprint density at radius 3 is 1.48 bits per heavy atom. The van der Waals surface area contributed by atoms with Crippen LogP contribution in [0.2, 0.25) is 0 Å². The third-order valence-electron chi connectivity index (χ3n) is 5.00. The van der Waals surface area contributed by atoms with Crippen LogP contribution in [-0.2, 0) is 4.79 Å². The molecular formula is C23H48NO2P. The summed E-state index contributed by atoms with van der Waals surface area (Å²) in [4.78, 5) is 11.9. The smallest absolute Gasteiger partial charge is 0.0774 e. The normalized spacial score (nSPS) is 13.5. The van der Waals surface area contributed by atoms with Crippen molar-refractivity contribution < 1.29 is 14.4 Å². The molecule has 0 fully saturated rings. The third kappa shape index (κ3) is 22.2. The second-order valence-corrected chi connectivity index (χ2v) is 10.5. The molecule has 0 aromatic rings. The van der Waals surface area contributed by atoms with Crippen LogP contribution in [0.1, 0.15) is 110 Å². The molecule has 0 spiro atoms. The number of likely N-dealkylation sites (N-methyl/N-ethyl adjacent to an activating group) is 1. The summed E-state index contributed by atoms with van der Waals surface area (Å²) in [5, 5.41) is 9.93. The number of aliphatic hydroxyl groups is 1. The molecule has 162 valence electrons. The van der Waals surface area contributed by atoms with Crippen molar-refractivity contribution in [3.8, 4) is 0 Å². The zero-order valence-corrected chi connectivity index (χ0v) is 19.7. The first kappa shape index (κ1) is 27.0.